The number of aliphatic carboxylic acids is 1. The van der Waals surface area contributed by atoms with Crippen LogP contribution in [-0.4, -0.2) is 39.4 Å². The summed E-state index contributed by atoms with van der Waals surface area (Å²) in [6, 6.07) is 2.84. The number of hydrogen-bond donors (Lipinski definition) is 1. The van der Waals surface area contributed by atoms with Gasteiger partial charge in [0.25, 0.3) is 9.84 Å². The maximum Gasteiger partial charge on any atom is 0.444 e. The van der Waals surface area contributed by atoms with Gasteiger partial charge in [-0.15, -0.1) is 0 Å². The number of alkyl halides is 2. The molecule has 0 aliphatic rings. The summed E-state index contributed by atoms with van der Waals surface area (Å²) in [6.07, 6.45) is 0.850. The van der Waals surface area contributed by atoms with Crippen molar-refractivity contribution in [2.75, 3.05) is 6.26 Å². The average Bonchev–Trinajstić information content (AvgIpc) is 2.27. The molecule has 1 N–H and O–H groups in total. The minimum Gasteiger partial charge on any atom is -0.476 e. The molecule has 0 bridgehead atoms. The first-order valence-corrected chi connectivity index (χ1v) is 7.94. The highest BCUT2D eigenvalue weighted by molar-refractivity contribution is 7.93. The average molecular weight is 314 g/mol. The van der Waals surface area contributed by atoms with Crippen molar-refractivity contribution >= 4 is 25.6 Å². The normalized spacial score (nSPS) is 13.2. The van der Waals surface area contributed by atoms with Crippen LogP contribution in [0.1, 0.15) is 0 Å². The summed E-state index contributed by atoms with van der Waals surface area (Å²) in [4.78, 5) is 8.99. The lowest BCUT2D eigenvalue weighted by Crippen LogP contribution is -2.37. The van der Waals surface area contributed by atoms with Crippen molar-refractivity contribution < 1.29 is 35.5 Å². The van der Waals surface area contributed by atoms with Gasteiger partial charge in [0.1, 0.15) is 0 Å². The van der Waals surface area contributed by atoms with Crippen molar-refractivity contribution in [2.45, 2.75) is 15.0 Å². The molecule has 0 saturated heterocycles. The number of carboxylic acids is 1. The fourth-order valence-electron chi connectivity index (χ4n) is 1.13. The topological polar surface area (TPSA) is 106 Å². The van der Waals surface area contributed by atoms with Gasteiger partial charge >= 0.3 is 11.2 Å². The van der Waals surface area contributed by atoms with E-state index in [0.29, 0.717) is 12.1 Å². The minimum atomic E-state index is -5.43. The van der Waals surface area contributed by atoms with Gasteiger partial charge in [0.2, 0.25) is 0 Å². The summed E-state index contributed by atoms with van der Waals surface area (Å²) >= 11 is 0. The summed E-state index contributed by atoms with van der Waals surface area (Å²) in [5, 5.41) is 3.21. The zero-order chi connectivity index (χ0) is 15.1. The van der Waals surface area contributed by atoms with Crippen molar-refractivity contribution in [3.05, 3.63) is 24.3 Å². The molecule has 1 rings (SSSR count). The van der Waals surface area contributed by atoms with Crippen molar-refractivity contribution in [2.24, 2.45) is 0 Å². The molecule has 0 aliphatic carbocycles. The van der Waals surface area contributed by atoms with E-state index in [-0.39, 0.29) is 4.90 Å². The Morgan fingerprint density at radius 2 is 1.42 bits per heavy atom. The fraction of sp³-hybridized carbons (Fsp3) is 0.222. The predicted octanol–water partition coefficient (Wildman–Crippen LogP) is 0.541. The summed E-state index contributed by atoms with van der Waals surface area (Å²) in [5.41, 5.74) is 0. The van der Waals surface area contributed by atoms with Crippen molar-refractivity contribution in [3.63, 3.8) is 0 Å². The van der Waals surface area contributed by atoms with Crippen LogP contribution in [-0.2, 0) is 24.5 Å². The molecular formula is C9H8F2O6S2. The highest BCUT2D eigenvalue weighted by Crippen LogP contribution is 2.29. The van der Waals surface area contributed by atoms with E-state index in [1.54, 1.807) is 0 Å². The molecule has 106 valence electrons. The van der Waals surface area contributed by atoms with Gasteiger partial charge in [-0.2, -0.15) is 8.78 Å². The Bertz CT molecular complexity index is 704. The third-order valence-corrected chi connectivity index (χ3v) is 5.02. The van der Waals surface area contributed by atoms with Crippen LogP contribution in [0.4, 0.5) is 8.78 Å². The van der Waals surface area contributed by atoms with Crippen LogP contribution < -0.4 is 0 Å². The molecule has 0 saturated carbocycles. The fourth-order valence-corrected chi connectivity index (χ4v) is 2.78. The van der Waals surface area contributed by atoms with Crippen LogP contribution in [0.15, 0.2) is 34.1 Å². The molecule has 10 heteroatoms. The van der Waals surface area contributed by atoms with Crippen LogP contribution in [0.3, 0.4) is 0 Å². The smallest absolute Gasteiger partial charge is 0.444 e. The molecule has 0 atom stereocenters. The third-order valence-electron chi connectivity index (χ3n) is 2.15. The van der Waals surface area contributed by atoms with E-state index < -0.39 is 35.8 Å². The predicted molar refractivity (Wildman–Crippen MR) is 59.3 cm³/mol. The number of carbonyl (C=O) groups is 1. The van der Waals surface area contributed by atoms with Gasteiger partial charge in [-0.3, -0.25) is 0 Å². The number of sulfone groups is 2. The Balaban J connectivity index is 3.37. The zero-order valence-corrected chi connectivity index (χ0v) is 11.0. The quantitative estimate of drug-likeness (QED) is 0.869. The molecule has 1 aromatic rings. The maximum atomic E-state index is 13.0. The summed E-state index contributed by atoms with van der Waals surface area (Å²) < 4.78 is 71.0. The molecule has 0 aliphatic heterocycles. The van der Waals surface area contributed by atoms with Crippen LogP contribution in [0.25, 0.3) is 0 Å². The van der Waals surface area contributed by atoms with Crippen molar-refractivity contribution in [1.82, 2.24) is 0 Å². The third kappa shape index (κ3) is 2.73. The molecule has 0 fully saturated rings. The van der Waals surface area contributed by atoms with E-state index in [4.69, 9.17) is 5.11 Å². The highest BCUT2D eigenvalue weighted by atomic mass is 32.2. The number of benzene rings is 1. The first-order valence-electron chi connectivity index (χ1n) is 4.56. The molecule has 0 heterocycles. The molecule has 6 nitrogen and oxygen atoms in total. The van der Waals surface area contributed by atoms with Crippen LogP contribution in [0, 0.1) is 0 Å². The molecule has 0 radical (unpaired) electrons. The molecule has 0 aromatic heterocycles. The summed E-state index contributed by atoms with van der Waals surface area (Å²) in [7, 11) is -9.04. The van der Waals surface area contributed by atoms with E-state index in [1.165, 1.54) is 0 Å². The summed E-state index contributed by atoms with van der Waals surface area (Å²) in [6.45, 7) is 0. The minimum absolute atomic E-state index is 0.273. The van der Waals surface area contributed by atoms with Gasteiger partial charge in [-0.1, -0.05) is 0 Å². The second-order valence-electron chi connectivity index (χ2n) is 3.57. The Morgan fingerprint density at radius 3 is 1.74 bits per heavy atom. The van der Waals surface area contributed by atoms with E-state index >= 15 is 0 Å². The Labute approximate surface area is 107 Å². The number of halogens is 2. The van der Waals surface area contributed by atoms with Gasteiger partial charge in [-0.05, 0) is 24.3 Å². The second kappa shape index (κ2) is 4.53. The molecule has 19 heavy (non-hydrogen) atoms. The van der Waals surface area contributed by atoms with E-state index in [1.807, 2.05) is 0 Å². The van der Waals surface area contributed by atoms with Crippen molar-refractivity contribution in [3.8, 4) is 0 Å². The van der Waals surface area contributed by atoms with Crippen LogP contribution in [0.5, 0.6) is 0 Å². The largest absolute Gasteiger partial charge is 0.476 e. The number of hydrogen-bond acceptors (Lipinski definition) is 5. The van der Waals surface area contributed by atoms with Crippen LogP contribution in [0.2, 0.25) is 0 Å². The van der Waals surface area contributed by atoms with Crippen molar-refractivity contribution in [1.29, 1.82) is 0 Å². The highest BCUT2D eigenvalue weighted by Gasteiger charge is 2.53. The molecule has 0 unspecified atom stereocenters. The molecule has 1 aromatic carbocycles. The monoisotopic (exact) mass is 314 g/mol. The Morgan fingerprint density at radius 1 is 1.05 bits per heavy atom. The SMILES string of the molecule is CS(=O)(=O)c1ccc(S(=O)(=O)C(F)(F)C(=O)O)cc1. The number of carboxylic acid groups (broad SMARTS) is 1. The van der Waals surface area contributed by atoms with Gasteiger partial charge < -0.3 is 5.11 Å². The molecular weight excluding hydrogens is 306 g/mol. The lowest BCUT2D eigenvalue weighted by atomic mass is 10.4. The Kier molecular flexibility index (Phi) is 3.70. The van der Waals surface area contributed by atoms with E-state index in [0.717, 1.165) is 18.4 Å². The standard InChI is InChI=1S/C9H8F2O6S2/c1-18(14,15)6-2-4-7(5-3-6)19(16,17)9(10,11)8(12)13/h2-5H,1H3,(H,12,13). The van der Waals surface area contributed by atoms with Crippen LogP contribution >= 0.6 is 0 Å². The maximum absolute atomic E-state index is 13.0. The van der Waals surface area contributed by atoms with Gasteiger partial charge in [0.15, 0.2) is 9.84 Å². The van der Waals surface area contributed by atoms with Gasteiger partial charge in [0.05, 0.1) is 9.79 Å². The second-order valence-corrected chi connectivity index (χ2v) is 7.58. The molecule has 0 spiro atoms. The lowest BCUT2D eigenvalue weighted by Gasteiger charge is -2.12. The van der Waals surface area contributed by atoms with E-state index in [9.17, 15) is 30.4 Å². The molecule has 0 amide bonds. The Hall–Kier alpha value is -1.55. The first-order chi connectivity index (χ1) is 8.40. The zero-order valence-electron chi connectivity index (χ0n) is 9.37. The van der Waals surface area contributed by atoms with Gasteiger partial charge in [-0.25, -0.2) is 21.6 Å². The van der Waals surface area contributed by atoms with Gasteiger partial charge in [0, 0.05) is 6.26 Å². The lowest BCUT2D eigenvalue weighted by molar-refractivity contribution is -0.153. The number of rotatable bonds is 4. The first kappa shape index (κ1) is 15.5. The summed E-state index contributed by atoms with van der Waals surface area (Å²) in [5.74, 6) is -2.81. The van der Waals surface area contributed by atoms with E-state index in [2.05, 4.69) is 0 Å².